The van der Waals surface area contributed by atoms with Crippen molar-refractivity contribution in [2.75, 3.05) is 9.84 Å². The van der Waals surface area contributed by atoms with Crippen LogP contribution >= 0.6 is 0 Å². The van der Waals surface area contributed by atoms with Crippen LogP contribution in [0.15, 0.2) is 54.6 Å². The summed E-state index contributed by atoms with van der Waals surface area (Å²) in [7, 11) is -4.42. The Hall–Kier alpha value is -2.05. The number of para-hydroxylation sites is 2. The highest BCUT2D eigenvalue weighted by atomic mass is 32.2. The summed E-state index contributed by atoms with van der Waals surface area (Å²) in [5, 5.41) is 0. The van der Waals surface area contributed by atoms with Gasteiger partial charge in [0.2, 0.25) is 0 Å². The maximum Gasteiger partial charge on any atom is 0.377 e. The molecule has 0 spiro atoms. The molecule has 0 saturated heterocycles. The van der Waals surface area contributed by atoms with Crippen LogP contribution in [0, 0.1) is 6.92 Å². The Bertz CT molecular complexity index is 657. The van der Waals surface area contributed by atoms with Crippen LogP contribution in [0.1, 0.15) is 5.56 Å². The molecule has 2 N–H and O–H groups in total. The van der Waals surface area contributed by atoms with Crippen LogP contribution in [0.4, 0.5) is 11.4 Å². The standard InChI is InChI=1S/C13H14N2O3S/c1-11-7-5-6-10-13(11)15(19(16,17)18)14-12-8-3-2-4-9-12/h2-10,14H,1H3,(H,16,17,18). The van der Waals surface area contributed by atoms with E-state index >= 15 is 0 Å². The third kappa shape index (κ3) is 3.24. The molecule has 0 atom stereocenters. The Kier molecular flexibility index (Phi) is 3.73. The van der Waals surface area contributed by atoms with E-state index in [1.54, 1.807) is 55.5 Å². The maximum atomic E-state index is 11.5. The van der Waals surface area contributed by atoms with E-state index in [2.05, 4.69) is 5.43 Å². The van der Waals surface area contributed by atoms with Crippen molar-refractivity contribution in [3.05, 3.63) is 60.2 Å². The molecule has 0 heterocycles. The van der Waals surface area contributed by atoms with E-state index < -0.39 is 10.3 Å². The third-order valence-corrected chi connectivity index (χ3v) is 3.32. The van der Waals surface area contributed by atoms with E-state index in [1.165, 1.54) is 0 Å². The Morgan fingerprint density at radius 2 is 1.58 bits per heavy atom. The van der Waals surface area contributed by atoms with Gasteiger partial charge < -0.3 is 0 Å². The minimum Gasteiger partial charge on any atom is -0.283 e. The van der Waals surface area contributed by atoms with Gasteiger partial charge in [0.25, 0.3) is 0 Å². The van der Waals surface area contributed by atoms with Crippen molar-refractivity contribution in [1.82, 2.24) is 0 Å². The maximum absolute atomic E-state index is 11.5. The van der Waals surface area contributed by atoms with Crippen LogP contribution in [-0.2, 0) is 10.3 Å². The molecule has 2 aromatic carbocycles. The normalized spacial score (nSPS) is 11.1. The molecule has 2 aromatic rings. The molecule has 0 aliphatic heterocycles. The number of hydrazine groups is 1. The van der Waals surface area contributed by atoms with Crippen LogP contribution in [-0.4, -0.2) is 13.0 Å². The molecule has 0 aromatic heterocycles. The van der Waals surface area contributed by atoms with Crippen molar-refractivity contribution < 1.29 is 13.0 Å². The summed E-state index contributed by atoms with van der Waals surface area (Å²) in [4.78, 5) is 0. The topological polar surface area (TPSA) is 69.6 Å². The van der Waals surface area contributed by atoms with E-state index in [0.29, 0.717) is 11.4 Å². The zero-order valence-electron chi connectivity index (χ0n) is 10.3. The molecule has 0 aliphatic rings. The van der Waals surface area contributed by atoms with Crippen molar-refractivity contribution in [2.45, 2.75) is 6.92 Å². The summed E-state index contributed by atoms with van der Waals surface area (Å²) in [5.74, 6) is 0. The fraction of sp³-hybridized carbons (Fsp3) is 0.0769. The number of nitrogens with one attached hydrogen (secondary N) is 1. The summed E-state index contributed by atoms with van der Waals surface area (Å²) < 4.78 is 33.1. The molecule has 0 radical (unpaired) electrons. The summed E-state index contributed by atoms with van der Waals surface area (Å²) in [6.45, 7) is 1.76. The van der Waals surface area contributed by atoms with Gasteiger partial charge in [-0.25, -0.2) is 0 Å². The second kappa shape index (κ2) is 5.29. The Morgan fingerprint density at radius 3 is 2.16 bits per heavy atom. The summed E-state index contributed by atoms with van der Waals surface area (Å²) in [6, 6.07) is 15.6. The van der Waals surface area contributed by atoms with E-state index in [-0.39, 0.29) is 0 Å². The van der Waals surface area contributed by atoms with Gasteiger partial charge in [-0.15, -0.1) is 0 Å². The highest BCUT2D eigenvalue weighted by Gasteiger charge is 2.21. The summed E-state index contributed by atoms with van der Waals surface area (Å²) >= 11 is 0. The molecule has 0 amide bonds. The van der Waals surface area contributed by atoms with Gasteiger partial charge in [-0.05, 0) is 30.7 Å². The lowest BCUT2D eigenvalue weighted by molar-refractivity contribution is 0.481. The predicted molar refractivity (Wildman–Crippen MR) is 75.3 cm³/mol. The average Bonchev–Trinajstić information content (AvgIpc) is 2.37. The minimum atomic E-state index is -4.42. The van der Waals surface area contributed by atoms with Gasteiger partial charge in [0.1, 0.15) is 0 Å². The zero-order valence-corrected chi connectivity index (χ0v) is 11.1. The van der Waals surface area contributed by atoms with Gasteiger partial charge in [-0.1, -0.05) is 36.4 Å². The number of benzene rings is 2. The van der Waals surface area contributed by atoms with Crippen molar-refractivity contribution in [1.29, 1.82) is 0 Å². The van der Waals surface area contributed by atoms with Crippen molar-refractivity contribution >= 4 is 21.7 Å². The van der Waals surface area contributed by atoms with Crippen LogP contribution < -0.4 is 9.84 Å². The Labute approximate surface area is 112 Å². The average molecular weight is 278 g/mol. The predicted octanol–water partition coefficient (Wildman–Crippen LogP) is 2.63. The third-order valence-electron chi connectivity index (χ3n) is 2.57. The van der Waals surface area contributed by atoms with Crippen LogP contribution in [0.2, 0.25) is 0 Å². The lowest BCUT2D eigenvalue weighted by Crippen LogP contribution is -2.36. The molecule has 0 aliphatic carbocycles. The largest absolute Gasteiger partial charge is 0.377 e. The number of hydrogen-bond acceptors (Lipinski definition) is 3. The van der Waals surface area contributed by atoms with Crippen molar-refractivity contribution in [3.63, 3.8) is 0 Å². The molecule has 100 valence electrons. The molecular weight excluding hydrogens is 264 g/mol. The van der Waals surface area contributed by atoms with E-state index in [0.717, 1.165) is 9.98 Å². The van der Waals surface area contributed by atoms with E-state index in [1.807, 2.05) is 6.07 Å². The van der Waals surface area contributed by atoms with Gasteiger partial charge in [0.15, 0.2) is 0 Å². The Morgan fingerprint density at radius 1 is 1.00 bits per heavy atom. The minimum absolute atomic E-state index is 0.369. The Balaban J connectivity index is 2.41. The summed E-state index contributed by atoms with van der Waals surface area (Å²) in [6.07, 6.45) is 0. The quantitative estimate of drug-likeness (QED) is 0.666. The molecule has 2 rings (SSSR count). The zero-order chi connectivity index (χ0) is 13.9. The van der Waals surface area contributed by atoms with Gasteiger partial charge >= 0.3 is 10.3 Å². The van der Waals surface area contributed by atoms with Crippen LogP contribution in [0.3, 0.4) is 0 Å². The van der Waals surface area contributed by atoms with Crippen molar-refractivity contribution in [2.24, 2.45) is 0 Å². The smallest absolute Gasteiger partial charge is 0.283 e. The van der Waals surface area contributed by atoms with E-state index in [4.69, 9.17) is 0 Å². The molecule has 0 fully saturated rings. The molecule has 0 unspecified atom stereocenters. The van der Waals surface area contributed by atoms with Gasteiger partial charge in [-0.3, -0.25) is 9.98 Å². The monoisotopic (exact) mass is 278 g/mol. The SMILES string of the molecule is Cc1ccccc1N(Nc1ccccc1)S(=O)(=O)O. The first kappa shape index (κ1) is 13.4. The summed E-state index contributed by atoms with van der Waals surface area (Å²) in [5.41, 5.74) is 4.32. The van der Waals surface area contributed by atoms with Gasteiger partial charge in [0.05, 0.1) is 11.4 Å². The number of hydrogen-bond donors (Lipinski definition) is 2. The fourth-order valence-corrected chi connectivity index (χ4v) is 2.34. The second-order valence-electron chi connectivity index (χ2n) is 4.01. The van der Waals surface area contributed by atoms with Gasteiger partial charge in [0, 0.05) is 0 Å². The number of anilines is 2. The van der Waals surface area contributed by atoms with Gasteiger partial charge in [-0.2, -0.15) is 12.8 Å². The fourth-order valence-electron chi connectivity index (χ4n) is 1.66. The molecule has 6 heteroatoms. The number of nitrogens with zero attached hydrogens (tertiary/aromatic N) is 1. The number of rotatable bonds is 4. The van der Waals surface area contributed by atoms with Crippen molar-refractivity contribution in [3.8, 4) is 0 Å². The second-order valence-corrected chi connectivity index (χ2v) is 5.27. The number of aryl methyl sites for hydroxylation is 1. The highest BCUT2D eigenvalue weighted by molar-refractivity contribution is 7.87. The molecule has 0 bridgehead atoms. The van der Waals surface area contributed by atoms with Crippen LogP contribution in [0.25, 0.3) is 0 Å². The molecule has 5 nitrogen and oxygen atoms in total. The first-order chi connectivity index (χ1) is 8.98. The first-order valence-corrected chi connectivity index (χ1v) is 7.03. The molecule has 0 saturated carbocycles. The van der Waals surface area contributed by atoms with E-state index in [9.17, 15) is 13.0 Å². The first-order valence-electron chi connectivity index (χ1n) is 5.63. The molecule has 19 heavy (non-hydrogen) atoms. The lowest BCUT2D eigenvalue weighted by atomic mass is 10.2. The highest BCUT2D eigenvalue weighted by Crippen LogP contribution is 2.22. The molecular formula is C13H14N2O3S. The lowest BCUT2D eigenvalue weighted by Gasteiger charge is -2.23. The van der Waals surface area contributed by atoms with Crippen LogP contribution in [0.5, 0.6) is 0 Å².